The first kappa shape index (κ1) is 58.9. The number of aliphatic hydroxyl groups excluding tert-OH is 9. The average molecular weight is 966 g/mol. The number of carbonyl (C=O) groups excluding carboxylic acids is 1. The van der Waals surface area contributed by atoms with Gasteiger partial charge < -0.3 is 80.5 Å². The SMILES string of the molecule is CCCO[C@]12C[C@@H](O)C[C@@H](O)[C@H](O)CC[C@@H](O)C[C@@H](O)CC(=O)O[C@@H](C)[C@H](C)[C@H](O)[C@@H](C)\C=C/C=C/C=C/C=C/C=C/C=C/C=C/[C@H](O[C@@H]3O[C@H](C)[C@@H](O)[C@H](N)[C@@H]3O)C[C@H](O1)[C@H](C(=O)O)[C@@H](O)C2. The van der Waals surface area contributed by atoms with Crippen LogP contribution in [0.3, 0.4) is 0 Å². The van der Waals surface area contributed by atoms with Crippen LogP contribution in [0.25, 0.3) is 0 Å². The number of esters is 1. The Morgan fingerprint density at radius 2 is 1.28 bits per heavy atom. The average Bonchev–Trinajstić information content (AvgIpc) is 3.26. The highest BCUT2D eigenvalue weighted by molar-refractivity contribution is 5.71. The molecule has 12 N–H and O–H groups in total. The predicted octanol–water partition coefficient (Wildman–Crippen LogP) is 2.15. The van der Waals surface area contributed by atoms with Gasteiger partial charge in [-0.05, 0) is 39.5 Å². The second kappa shape index (κ2) is 29.7. The van der Waals surface area contributed by atoms with E-state index < -0.39 is 134 Å². The highest BCUT2D eigenvalue weighted by atomic mass is 16.7. The third-order valence-corrected chi connectivity index (χ3v) is 12.6. The number of carbonyl (C=O) groups is 2. The summed E-state index contributed by atoms with van der Waals surface area (Å²) < 4.78 is 30.0. The van der Waals surface area contributed by atoms with Gasteiger partial charge in [0.25, 0.3) is 0 Å². The van der Waals surface area contributed by atoms with Crippen LogP contribution in [0.2, 0.25) is 0 Å². The summed E-state index contributed by atoms with van der Waals surface area (Å²) in [4.78, 5) is 25.4. The van der Waals surface area contributed by atoms with Crippen molar-refractivity contribution in [1.82, 2.24) is 0 Å². The summed E-state index contributed by atoms with van der Waals surface area (Å²) in [5.74, 6) is -6.10. The van der Waals surface area contributed by atoms with Crippen LogP contribution in [0.5, 0.6) is 0 Å². The fourth-order valence-corrected chi connectivity index (χ4v) is 8.39. The lowest BCUT2D eigenvalue weighted by molar-refractivity contribution is -0.324. The van der Waals surface area contributed by atoms with E-state index in [1.54, 1.807) is 69.4 Å². The van der Waals surface area contributed by atoms with Crippen molar-refractivity contribution in [3.8, 4) is 0 Å². The topological polar surface area (TPSA) is 309 Å². The zero-order valence-electron chi connectivity index (χ0n) is 40.0. The van der Waals surface area contributed by atoms with E-state index in [0.29, 0.717) is 6.42 Å². The smallest absolute Gasteiger partial charge is 0.311 e. The first-order valence-electron chi connectivity index (χ1n) is 23.8. The third kappa shape index (κ3) is 19.4. The fraction of sp³-hybridized carbons (Fsp3) is 0.680. The molecule has 0 saturated carbocycles. The number of carboxylic acids is 1. The van der Waals surface area contributed by atoms with Gasteiger partial charge in [0, 0.05) is 44.1 Å². The summed E-state index contributed by atoms with van der Waals surface area (Å²) in [5, 5.41) is 108. The molecule has 2 bridgehead atoms. The maximum atomic E-state index is 12.7. The Morgan fingerprint density at radius 1 is 0.691 bits per heavy atom. The Bertz CT molecular complexity index is 1720. The molecule has 2 fully saturated rings. The molecule has 0 radical (unpaired) electrons. The van der Waals surface area contributed by atoms with Crippen molar-refractivity contribution in [2.75, 3.05) is 6.61 Å². The van der Waals surface area contributed by atoms with Crippen LogP contribution in [-0.4, -0.2) is 167 Å². The Morgan fingerprint density at radius 3 is 1.87 bits per heavy atom. The molecular formula is C50H79NO17. The molecule has 0 amide bonds. The van der Waals surface area contributed by atoms with Crippen molar-refractivity contribution in [3.05, 3.63) is 85.1 Å². The molecule has 386 valence electrons. The minimum absolute atomic E-state index is 0.0789. The molecule has 0 unspecified atom stereocenters. The molecule has 2 saturated heterocycles. The number of hydrogen-bond donors (Lipinski definition) is 11. The Hall–Kier alpha value is -3.44. The number of aliphatic hydroxyl groups is 9. The number of cyclic esters (lactones) is 1. The molecule has 0 aromatic rings. The summed E-state index contributed by atoms with van der Waals surface area (Å²) in [5.41, 5.74) is 6.08. The highest BCUT2D eigenvalue weighted by Gasteiger charge is 2.52. The van der Waals surface area contributed by atoms with E-state index in [-0.39, 0.29) is 51.0 Å². The molecule has 0 spiro atoms. The lowest BCUT2D eigenvalue weighted by Gasteiger charge is -2.47. The van der Waals surface area contributed by atoms with Crippen LogP contribution in [-0.2, 0) is 33.3 Å². The third-order valence-electron chi connectivity index (χ3n) is 12.6. The van der Waals surface area contributed by atoms with E-state index in [0.717, 1.165) is 0 Å². The lowest BCUT2D eigenvalue weighted by atomic mass is 9.82. The van der Waals surface area contributed by atoms with Gasteiger partial charge in [0.2, 0.25) is 0 Å². The van der Waals surface area contributed by atoms with Crippen LogP contribution in [0.4, 0.5) is 0 Å². The summed E-state index contributed by atoms with van der Waals surface area (Å²) in [7, 11) is 0. The fourth-order valence-electron chi connectivity index (χ4n) is 8.39. The maximum Gasteiger partial charge on any atom is 0.311 e. The van der Waals surface area contributed by atoms with Gasteiger partial charge in [-0.3, -0.25) is 9.59 Å². The molecule has 3 aliphatic heterocycles. The van der Waals surface area contributed by atoms with Gasteiger partial charge in [-0.25, -0.2) is 0 Å². The zero-order chi connectivity index (χ0) is 50.6. The summed E-state index contributed by atoms with van der Waals surface area (Å²) in [6.07, 6.45) is 5.76. The monoisotopic (exact) mass is 966 g/mol. The van der Waals surface area contributed by atoms with Gasteiger partial charge >= 0.3 is 11.9 Å². The first-order valence-corrected chi connectivity index (χ1v) is 23.8. The lowest BCUT2D eigenvalue weighted by Crippen LogP contribution is -2.61. The van der Waals surface area contributed by atoms with Gasteiger partial charge in [-0.1, -0.05) is 106 Å². The van der Waals surface area contributed by atoms with Crippen LogP contribution in [0, 0.1) is 17.8 Å². The van der Waals surface area contributed by atoms with Crippen molar-refractivity contribution in [1.29, 1.82) is 0 Å². The number of allylic oxidation sites excluding steroid dienone is 12. The molecule has 3 heterocycles. The number of nitrogens with two attached hydrogens (primary N) is 1. The quantitative estimate of drug-likeness (QED) is 0.170. The van der Waals surface area contributed by atoms with Gasteiger partial charge in [0.15, 0.2) is 12.1 Å². The van der Waals surface area contributed by atoms with Crippen molar-refractivity contribution < 1.29 is 84.3 Å². The molecule has 18 nitrogen and oxygen atoms in total. The Labute approximate surface area is 400 Å². The predicted molar refractivity (Wildman–Crippen MR) is 251 cm³/mol. The Kier molecular flexibility index (Phi) is 25.7. The molecule has 3 aliphatic rings. The van der Waals surface area contributed by atoms with Crippen molar-refractivity contribution >= 4 is 11.9 Å². The number of hydrogen-bond acceptors (Lipinski definition) is 17. The van der Waals surface area contributed by atoms with E-state index in [4.69, 9.17) is 29.4 Å². The zero-order valence-corrected chi connectivity index (χ0v) is 40.0. The van der Waals surface area contributed by atoms with Crippen LogP contribution in [0.1, 0.15) is 92.4 Å². The first-order chi connectivity index (χ1) is 32.2. The number of aliphatic carboxylic acids is 1. The number of carboxylic acid groups (broad SMARTS) is 1. The van der Waals surface area contributed by atoms with Gasteiger partial charge in [0.1, 0.15) is 18.1 Å². The standard InChI is InChI=1S/C50H79NO17/c1-6-23-64-50-28-36(54)25-39(56)38(55)22-21-34(52)24-35(53)26-42(58)65-32(4)31(3)45(59)30(2)19-17-15-13-11-9-7-8-10-12-14-16-18-20-37(27-41(68-50)43(48(62)63)40(57)29-50)67-49-47(61)44(51)46(60)33(5)66-49/h7-20,30-41,43-47,49,52-57,59-61H,6,21-29,51H2,1-5H3,(H,62,63)/b8-7+,11-9+,12-10+,15-13+,16-14+,19-17-,20-18+/t30-,31-,32-,33+,34+,35+,36-,37-,38+,39+,40-,41-,43+,44-,45+,46+,47-,49-,50+/m0/s1. The minimum atomic E-state index is -1.77. The van der Waals surface area contributed by atoms with E-state index in [2.05, 4.69) is 0 Å². The number of rotatable bonds is 6. The van der Waals surface area contributed by atoms with Gasteiger partial charge in [-0.15, -0.1) is 0 Å². The minimum Gasteiger partial charge on any atom is -0.481 e. The molecule has 0 aliphatic carbocycles. The van der Waals surface area contributed by atoms with Gasteiger partial charge in [0.05, 0.1) is 79.6 Å². The highest BCUT2D eigenvalue weighted by Crippen LogP contribution is 2.40. The molecule has 68 heavy (non-hydrogen) atoms. The molecular weight excluding hydrogens is 887 g/mol. The van der Waals surface area contributed by atoms with E-state index in [9.17, 15) is 60.7 Å². The molecule has 18 heteroatoms. The number of ether oxygens (including phenoxy) is 5. The molecule has 3 rings (SSSR count). The summed E-state index contributed by atoms with van der Waals surface area (Å²) >= 11 is 0. The van der Waals surface area contributed by atoms with E-state index in [1.807, 2.05) is 50.3 Å². The van der Waals surface area contributed by atoms with Crippen molar-refractivity contribution in [2.24, 2.45) is 23.5 Å². The molecule has 0 aromatic heterocycles. The van der Waals surface area contributed by atoms with Crippen LogP contribution < -0.4 is 5.73 Å². The van der Waals surface area contributed by atoms with Crippen LogP contribution >= 0.6 is 0 Å². The van der Waals surface area contributed by atoms with E-state index in [1.165, 1.54) is 0 Å². The maximum absolute atomic E-state index is 12.7. The van der Waals surface area contributed by atoms with Crippen molar-refractivity contribution in [3.63, 3.8) is 0 Å². The van der Waals surface area contributed by atoms with Gasteiger partial charge in [-0.2, -0.15) is 0 Å². The second-order valence-corrected chi connectivity index (χ2v) is 18.4. The molecule has 19 atom stereocenters. The second-order valence-electron chi connectivity index (χ2n) is 18.4. The molecule has 0 aromatic carbocycles. The van der Waals surface area contributed by atoms with Crippen LogP contribution in [0.15, 0.2) is 85.1 Å². The number of fused-ring (bicyclic) bond motifs is 2. The summed E-state index contributed by atoms with van der Waals surface area (Å²) in [6.45, 7) is 8.69. The van der Waals surface area contributed by atoms with E-state index >= 15 is 0 Å². The normalized spacial score (nSPS) is 44.0. The van der Waals surface area contributed by atoms with Crippen molar-refractivity contribution in [2.45, 2.75) is 190 Å². The Balaban J connectivity index is 1.93. The largest absolute Gasteiger partial charge is 0.481 e. The summed E-state index contributed by atoms with van der Waals surface area (Å²) in [6, 6.07) is -1.13.